The van der Waals surface area contributed by atoms with Crippen LogP contribution in [-0.2, 0) is 32.6 Å². The first-order valence-corrected chi connectivity index (χ1v) is 13.5. The number of nitrogens with one attached hydrogen (secondary N) is 1. The maximum Gasteiger partial charge on any atom is 0.244 e. The molecule has 7 nitrogen and oxygen atoms in total. The Bertz CT molecular complexity index is 1100. The molecule has 186 valence electrons. The van der Waals surface area contributed by atoms with Crippen molar-refractivity contribution in [2.24, 2.45) is 0 Å². The minimum absolute atomic E-state index is 0.0326. The van der Waals surface area contributed by atoms with E-state index in [0.717, 1.165) is 33.7 Å². The fourth-order valence-electron chi connectivity index (χ4n) is 3.70. The van der Waals surface area contributed by atoms with E-state index in [1.165, 1.54) is 4.90 Å². The number of sulfonamides is 1. The lowest BCUT2D eigenvalue weighted by Crippen LogP contribution is -2.52. The van der Waals surface area contributed by atoms with Crippen LogP contribution in [0, 0.1) is 6.92 Å². The Morgan fingerprint density at radius 2 is 1.71 bits per heavy atom. The van der Waals surface area contributed by atoms with Gasteiger partial charge in [-0.15, -0.1) is 0 Å². The van der Waals surface area contributed by atoms with E-state index in [1.54, 1.807) is 19.1 Å². The van der Waals surface area contributed by atoms with E-state index in [9.17, 15) is 18.0 Å². The van der Waals surface area contributed by atoms with Gasteiger partial charge in [0.05, 0.1) is 11.9 Å². The summed E-state index contributed by atoms with van der Waals surface area (Å²) in [5.74, 6) is -0.708. The Balaban J connectivity index is 2.42. The Morgan fingerprint density at radius 1 is 1.03 bits per heavy atom. The lowest BCUT2D eigenvalue weighted by atomic mass is 10.1. The molecular formula is C26H37N3O4S. The third-order valence-electron chi connectivity index (χ3n) is 5.92. The number of anilines is 1. The van der Waals surface area contributed by atoms with Gasteiger partial charge >= 0.3 is 0 Å². The minimum atomic E-state index is -3.74. The van der Waals surface area contributed by atoms with Gasteiger partial charge in [-0.2, -0.15) is 0 Å². The van der Waals surface area contributed by atoms with Crippen molar-refractivity contribution in [3.8, 4) is 0 Å². The van der Waals surface area contributed by atoms with Crippen LogP contribution < -0.4 is 9.62 Å². The summed E-state index contributed by atoms with van der Waals surface area (Å²) in [6.45, 7) is 9.26. The largest absolute Gasteiger partial charge is 0.352 e. The van der Waals surface area contributed by atoms with Crippen molar-refractivity contribution in [1.29, 1.82) is 0 Å². The van der Waals surface area contributed by atoms with Crippen molar-refractivity contribution in [2.75, 3.05) is 17.1 Å². The van der Waals surface area contributed by atoms with E-state index in [0.29, 0.717) is 12.1 Å². The molecule has 8 heteroatoms. The first kappa shape index (κ1) is 27.4. The molecule has 0 heterocycles. The molecule has 1 N–H and O–H groups in total. The fraction of sp³-hybridized carbons (Fsp3) is 0.462. The molecule has 0 bridgehead atoms. The van der Waals surface area contributed by atoms with Crippen molar-refractivity contribution in [3.63, 3.8) is 0 Å². The summed E-state index contributed by atoms with van der Waals surface area (Å²) < 4.78 is 26.6. The maximum absolute atomic E-state index is 13.6. The molecule has 0 aliphatic heterocycles. The molecule has 34 heavy (non-hydrogen) atoms. The number of amides is 2. The van der Waals surface area contributed by atoms with Gasteiger partial charge in [-0.1, -0.05) is 61.9 Å². The second-order valence-corrected chi connectivity index (χ2v) is 10.7. The van der Waals surface area contributed by atoms with Crippen LogP contribution in [0.15, 0.2) is 48.5 Å². The molecule has 0 fully saturated rings. The highest BCUT2D eigenvalue weighted by atomic mass is 32.2. The highest BCUT2D eigenvalue weighted by Gasteiger charge is 2.31. The quantitative estimate of drug-likeness (QED) is 0.524. The van der Waals surface area contributed by atoms with Crippen LogP contribution in [0.25, 0.3) is 0 Å². The Kier molecular flexibility index (Phi) is 9.67. The van der Waals surface area contributed by atoms with Crippen LogP contribution >= 0.6 is 0 Å². The summed E-state index contributed by atoms with van der Waals surface area (Å²) in [7, 11) is -3.74. The number of hydrogen-bond acceptors (Lipinski definition) is 4. The molecule has 0 radical (unpaired) electrons. The highest BCUT2D eigenvalue weighted by molar-refractivity contribution is 7.92. The topological polar surface area (TPSA) is 86.8 Å². The number of hydrogen-bond donors (Lipinski definition) is 1. The van der Waals surface area contributed by atoms with Gasteiger partial charge in [-0.05, 0) is 50.8 Å². The van der Waals surface area contributed by atoms with Crippen LogP contribution in [-0.4, -0.2) is 50.0 Å². The molecule has 0 aliphatic rings. The first-order chi connectivity index (χ1) is 16.0. The van der Waals surface area contributed by atoms with Gasteiger partial charge in [-0.3, -0.25) is 13.9 Å². The Labute approximate surface area is 204 Å². The zero-order valence-corrected chi connectivity index (χ0v) is 21.9. The van der Waals surface area contributed by atoms with Gasteiger partial charge in [0.25, 0.3) is 0 Å². The predicted octanol–water partition coefficient (Wildman–Crippen LogP) is 3.66. The molecule has 2 aromatic rings. The molecule has 0 saturated heterocycles. The number of para-hydroxylation sites is 1. The van der Waals surface area contributed by atoms with Crippen molar-refractivity contribution in [3.05, 3.63) is 65.2 Å². The molecule has 0 aromatic heterocycles. The lowest BCUT2D eigenvalue weighted by Gasteiger charge is -2.32. The SMILES string of the molecule is CCc1ccccc1N(CC(=O)N(Cc1cccc(C)c1)[C@@H](C)C(=O)N[C@H](C)CC)S(C)(=O)=O. The zero-order valence-electron chi connectivity index (χ0n) is 21.0. The van der Waals surface area contributed by atoms with Crippen LogP contribution in [0.1, 0.15) is 50.8 Å². The van der Waals surface area contributed by atoms with Crippen LogP contribution in [0.5, 0.6) is 0 Å². The second kappa shape index (κ2) is 12.0. The molecule has 2 amide bonds. The smallest absolute Gasteiger partial charge is 0.244 e. The number of rotatable bonds is 11. The average Bonchev–Trinajstić information content (AvgIpc) is 2.79. The van der Waals surface area contributed by atoms with Crippen molar-refractivity contribution < 1.29 is 18.0 Å². The van der Waals surface area contributed by atoms with Gasteiger partial charge in [0, 0.05) is 12.6 Å². The molecule has 2 aromatic carbocycles. The standard InChI is InChI=1S/C26H37N3O4S/c1-7-20(4)27-26(31)21(5)28(17-22-13-11-12-19(3)16-22)25(30)18-29(34(6,32)33)24-15-10-9-14-23(24)8-2/h9-16,20-21H,7-8,17-18H2,1-6H3,(H,27,31)/t20-,21+/m1/s1. The summed E-state index contributed by atoms with van der Waals surface area (Å²) in [5.41, 5.74) is 3.22. The van der Waals surface area contributed by atoms with Crippen LogP contribution in [0.2, 0.25) is 0 Å². The molecule has 0 spiro atoms. The minimum Gasteiger partial charge on any atom is -0.352 e. The van der Waals surface area contributed by atoms with E-state index >= 15 is 0 Å². The number of benzene rings is 2. The first-order valence-electron chi connectivity index (χ1n) is 11.7. The average molecular weight is 488 g/mol. The molecule has 0 aliphatic carbocycles. The molecular weight excluding hydrogens is 450 g/mol. The number of aryl methyl sites for hydroxylation is 2. The normalized spacial score (nSPS) is 13.1. The van der Waals surface area contributed by atoms with Crippen molar-refractivity contribution in [2.45, 2.75) is 66.1 Å². The van der Waals surface area contributed by atoms with Gasteiger partial charge in [0.15, 0.2) is 0 Å². The summed E-state index contributed by atoms with van der Waals surface area (Å²) in [4.78, 5) is 28.0. The van der Waals surface area contributed by atoms with E-state index in [4.69, 9.17) is 0 Å². The summed E-state index contributed by atoms with van der Waals surface area (Å²) >= 11 is 0. The summed E-state index contributed by atoms with van der Waals surface area (Å²) in [6.07, 6.45) is 2.48. The van der Waals surface area contributed by atoms with Gasteiger partial charge in [-0.25, -0.2) is 8.42 Å². The second-order valence-electron chi connectivity index (χ2n) is 8.76. The molecule has 0 saturated carbocycles. The van der Waals surface area contributed by atoms with Crippen LogP contribution in [0.3, 0.4) is 0 Å². The van der Waals surface area contributed by atoms with Gasteiger partial charge in [0.1, 0.15) is 12.6 Å². The molecule has 2 atom stereocenters. The monoisotopic (exact) mass is 487 g/mol. The number of nitrogens with zero attached hydrogens (tertiary/aromatic N) is 2. The zero-order chi connectivity index (χ0) is 25.5. The predicted molar refractivity (Wildman–Crippen MR) is 137 cm³/mol. The van der Waals surface area contributed by atoms with E-state index in [-0.39, 0.29) is 25.0 Å². The van der Waals surface area contributed by atoms with Crippen LogP contribution in [0.4, 0.5) is 5.69 Å². The molecule has 0 unspecified atom stereocenters. The van der Waals surface area contributed by atoms with Gasteiger partial charge in [0.2, 0.25) is 21.8 Å². The van der Waals surface area contributed by atoms with Gasteiger partial charge < -0.3 is 10.2 Å². The lowest BCUT2D eigenvalue weighted by molar-refractivity contribution is -0.139. The fourth-order valence-corrected chi connectivity index (χ4v) is 4.58. The van der Waals surface area contributed by atoms with E-state index < -0.39 is 22.0 Å². The summed E-state index contributed by atoms with van der Waals surface area (Å²) in [5, 5.41) is 2.93. The van der Waals surface area contributed by atoms with Crippen molar-refractivity contribution in [1.82, 2.24) is 10.2 Å². The third kappa shape index (κ3) is 7.32. The molecule has 2 rings (SSSR count). The third-order valence-corrected chi connectivity index (χ3v) is 7.05. The van der Waals surface area contributed by atoms with E-state index in [2.05, 4.69) is 5.32 Å². The Hall–Kier alpha value is -2.87. The number of carbonyl (C=O) groups excluding carboxylic acids is 2. The number of carbonyl (C=O) groups is 2. The Morgan fingerprint density at radius 3 is 2.29 bits per heavy atom. The maximum atomic E-state index is 13.6. The van der Waals surface area contributed by atoms with Crippen molar-refractivity contribution >= 4 is 27.5 Å². The van der Waals surface area contributed by atoms with E-state index in [1.807, 2.05) is 64.1 Å². The summed E-state index contributed by atoms with van der Waals surface area (Å²) in [6, 6.07) is 14.1. The highest BCUT2D eigenvalue weighted by Crippen LogP contribution is 2.24.